The Labute approximate surface area is 135 Å². The van der Waals surface area contributed by atoms with Crippen LogP contribution in [0.5, 0.6) is 5.75 Å². The van der Waals surface area contributed by atoms with Gasteiger partial charge in [0.15, 0.2) is 0 Å². The molecule has 0 aromatic heterocycles. The molecule has 0 heterocycles. The maximum absolute atomic E-state index is 11.7. The summed E-state index contributed by atoms with van der Waals surface area (Å²) < 4.78 is 5.40. The van der Waals surface area contributed by atoms with Crippen LogP contribution >= 0.6 is 0 Å². The van der Waals surface area contributed by atoms with Gasteiger partial charge in [0.1, 0.15) is 5.75 Å². The molecule has 0 aliphatic heterocycles. The Balaban J connectivity index is 2.08. The van der Waals surface area contributed by atoms with Crippen LogP contribution in [0.4, 0.5) is 0 Å². The minimum Gasteiger partial charge on any atom is -0.496 e. The second kappa shape index (κ2) is 6.36. The normalized spacial score (nSPS) is 10.3. The molecule has 2 N–H and O–H groups in total. The fourth-order valence-electron chi connectivity index (χ4n) is 2.66. The first-order valence-electron chi connectivity index (χ1n) is 7.33. The number of carbonyl (C=O) groups is 1. The molecule has 1 amide bonds. The van der Waals surface area contributed by atoms with Gasteiger partial charge in [-0.15, -0.1) is 0 Å². The van der Waals surface area contributed by atoms with Gasteiger partial charge in [0.2, 0.25) is 5.91 Å². The molecule has 0 spiro atoms. The number of amides is 1. The van der Waals surface area contributed by atoms with E-state index in [1.54, 1.807) is 19.2 Å². The maximum atomic E-state index is 11.7. The van der Waals surface area contributed by atoms with Gasteiger partial charge in [0.05, 0.1) is 12.7 Å². The van der Waals surface area contributed by atoms with E-state index >= 15 is 0 Å². The second-order valence-electron chi connectivity index (χ2n) is 5.19. The van der Waals surface area contributed by atoms with E-state index in [1.165, 1.54) is 0 Å². The summed E-state index contributed by atoms with van der Waals surface area (Å²) in [4.78, 5) is 11.7. The molecule has 0 saturated carbocycles. The van der Waals surface area contributed by atoms with Crippen LogP contribution in [-0.2, 0) is 0 Å². The maximum Gasteiger partial charge on any atom is 0.249 e. The number of primary amides is 1. The van der Waals surface area contributed by atoms with Crippen LogP contribution in [-0.4, -0.2) is 13.0 Å². The number of rotatable bonds is 4. The van der Waals surface area contributed by atoms with E-state index in [2.05, 4.69) is 12.1 Å². The minimum absolute atomic E-state index is 0.455. The van der Waals surface area contributed by atoms with E-state index in [4.69, 9.17) is 10.5 Å². The molecule has 0 atom stereocenters. The van der Waals surface area contributed by atoms with Crippen LogP contribution in [0.25, 0.3) is 22.3 Å². The van der Waals surface area contributed by atoms with Crippen molar-refractivity contribution in [2.75, 3.05) is 7.11 Å². The molecule has 23 heavy (non-hydrogen) atoms. The summed E-state index contributed by atoms with van der Waals surface area (Å²) >= 11 is 0. The molecule has 0 unspecified atom stereocenters. The van der Waals surface area contributed by atoms with Gasteiger partial charge >= 0.3 is 0 Å². The summed E-state index contributed by atoms with van der Waals surface area (Å²) in [6.07, 6.45) is 0. The molecule has 3 aromatic carbocycles. The number of methoxy groups -OCH3 is 1. The van der Waals surface area contributed by atoms with Crippen molar-refractivity contribution in [3.05, 3.63) is 78.4 Å². The van der Waals surface area contributed by atoms with E-state index in [9.17, 15) is 4.79 Å². The van der Waals surface area contributed by atoms with Crippen LogP contribution in [0.15, 0.2) is 72.8 Å². The van der Waals surface area contributed by atoms with Gasteiger partial charge in [0.25, 0.3) is 0 Å². The topological polar surface area (TPSA) is 52.3 Å². The lowest BCUT2D eigenvalue weighted by molar-refractivity contribution is 0.100. The first kappa shape index (κ1) is 14.9. The summed E-state index contributed by atoms with van der Waals surface area (Å²) in [5.74, 6) is 0.166. The SMILES string of the molecule is COc1cccc(C(N)=O)c1-c1ccc(-c2ccccc2)cc1. The summed E-state index contributed by atoms with van der Waals surface area (Å²) in [6, 6.07) is 23.5. The average Bonchev–Trinajstić information content (AvgIpc) is 2.62. The summed E-state index contributed by atoms with van der Waals surface area (Å²) in [5, 5.41) is 0. The number of hydrogen-bond acceptors (Lipinski definition) is 2. The van der Waals surface area contributed by atoms with Gasteiger partial charge in [-0.3, -0.25) is 4.79 Å². The summed E-state index contributed by atoms with van der Waals surface area (Å²) in [7, 11) is 1.59. The molecule has 0 saturated heterocycles. The fourth-order valence-corrected chi connectivity index (χ4v) is 2.66. The van der Waals surface area contributed by atoms with Crippen LogP contribution < -0.4 is 10.5 Å². The zero-order valence-electron chi connectivity index (χ0n) is 12.8. The zero-order chi connectivity index (χ0) is 16.2. The van der Waals surface area contributed by atoms with E-state index in [0.717, 1.165) is 22.3 Å². The van der Waals surface area contributed by atoms with Crippen molar-refractivity contribution in [2.45, 2.75) is 0 Å². The number of hydrogen-bond donors (Lipinski definition) is 1. The largest absolute Gasteiger partial charge is 0.496 e. The lowest BCUT2D eigenvalue weighted by Gasteiger charge is -2.13. The average molecular weight is 303 g/mol. The van der Waals surface area contributed by atoms with E-state index in [0.29, 0.717) is 11.3 Å². The summed E-state index contributed by atoms with van der Waals surface area (Å²) in [5.41, 5.74) is 9.84. The number of nitrogens with two attached hydrogens (primary N) is 1. The van der Waals surface area contributed by atoms with Crippen molar-refractivity contribution in [1.29, 1.82) is 0 Å². The van der Waals surface area contributed by atoms with Gasteiger partial charge in [-0.25, -0.2) is 0 Å². The Bertz CT molecular complexity index is 824. The smallest absolute Gasteiger partial charge is 0.249 e. The molecular weight excluding hydrogens is 286 g/mol. The molecule has 0 bridgehead atoms. The third-order valence-electron chi connectivity index (χ3n) is 3.79. The monoisotopic (exact) mass is 303 g/mol. The third kappa shape index (κ3) is 2.94. The van der Waals surface area contributed by atoms with Gasteiger partial charge in [-0.2, -0.15) is 0 Å². The van der Waals surface area contributed by atoms with Crippen molar-refractivity contribution in [3.8, 4) is 28.0 Å². The highest BCUT2D eigenvalue weighted by Gasteiger charge is 2.15. The molecule has 0 aliphatic carbocycles. The van der Waals surface area contributed by atoms with Crippen LogP contribution in [0.1, 0.15) is 10.4 Å². The highest BCUT2D eigenvalue weighted by molar-refractivity contribution is 6.01. The molecule has 0 aliphatic rings. The predicted octanol–water partition coefficient (Wildman–Crippen LogP) is 4.13. The zero-order valence-corrected chi connectivity index (χ0v) is 12.8. The highest BCUT2D eigenvalue weighted by Crippen LogP contribution is 2.34. The Hall–Kier alpha value is -3.07. The van der Waals surface area contributed by atoms with Crippen LogP contribution in [0, 0.1) is 0 Å². The van der Waals surface area contributed by atoms with E-state index in [1.807, 2.05) is 48.5 Å². The number of benzene rings is 3. The van der Waals surface area contributed by atoms with Crippen molar-refractivity contribution < 1.29 is 9.53 Å². The Morgan fingerprint density at radius 2 is 1.39 bits per heavy atom. The second-order valence-corrected chi connectivity index (χ2v) is 5.19. The van der Waals surface area contributed by atoms with Crippen molar-refractivity contribution in [3.63, 3.8) is 0 Å². The highest BCUT2D eigenvalue weighted by atomic mass is 16.5. The van der Waals surface area contributed by atoms with Crippen LogP contribution in [0.2, 0.25) is 0 Å². The molecule has 3 heteroatoms. The van der Waals surface area contributed by atoms with Crippen molar-refractivity contribution >= 4 is 5.91 Å². The third-order valence-corrected chi connectivity index (χ3v) is 3.79. The predicted molar refractivity (Wildman–Crippen MR) is 92.4 cm³/mol. The van der Waals surface area contributed by atoms with Gasteiger partial charge in [-0.05, 0) is 28.8 Å². The fraction of sp³-hybridized carbons (Fsp3) is 0.0500. The Morgan fingerprint density at radius 3 is 2.00 bits per heavy atom. The van der Waals surface area contributed by atoms with Crippen molar-refractivity contribution in [1.82, 2.24) is 0 Å². The summed E-state index contributed by atoms with van der Waals surface area (Å²) in [6.45, 7) is 0. The molecule has 3 aromatic rings. The molecule has 0 fully saturated rings. The number of carbonyl (C=O) groups excluding carboxylic acids is 1. The van der Waals surface area contributed by atoms with Gasteiger partial charge in [0, 0.05) is 5.56 Å². The van der Waals surface area contributed by atoms with Gasteiger partial charge in [-0.1, -0.05) is 60.7 Å². The first-order chi connectivity index (χ1) is 11.2. The lowest BCUT2D eigenvalue weighted by Crippen LogP contribution is -2.12. The number of ether oxygens (including phenoxy) is 1. The lowest BCUT2D eigenvalue weighted by atomic mass is 9.96. The molecular formula is C20H17NO2. The molecule has 0 radical (unpaired) electrons. The van der Waals surface area contributed by atoms with E-state index < -0.39 is 5.91 Å². The quantitative estimate of drug-likeness (QED) is 0.788. The molecule has 114 valence electrons. The first-order valence-corrected chi connectivity index (χ1v) is 7.33. The van der Waals surface area contributed by atoms with Gasteiger partial charge < -0.3 is 10.5 Å². The van der Waals surface area contributed by atoms with E-state index in [-0.39, 0.29) is 0 Å². The standard InChI is InChI=1S/C20H17NO2/c1-23-18-9-5-8-17(20(21)22)19(18)16-12-10-15(11-13-16)14-6-3-2-4-7-14/h2-13H,1H3,(H2,21,22). The van der Waals surface area contributed by atoms with Crippen molar-refractivity contribution in [2.24, 2.45) is 5.73 Å². The van der Waals surface area contributed by atoms with Crippen LogP contribution in [0.3, 0.4) is 0 Å². The molecule has 3 rings (SSSR count). The minimum atomic E-state index is -0.467. The Morgan fingerprint density at radius 1 is 0.783 bits per heavy atom. The Kier molecular flexibility index (Phi) is 4.11. The molecule has 3 nitrogen and oxygen atoms in total.